The summed E-state index contributed by atoms with van der Waals surface area (Å²) >= 11 is 1.80. The van der Waals surface area contributed by atoms with E-state index in [1.54, 1.807) is 23.5 Å². The fraction of sp³-hybridized carbons (Fsp3) is 0.222. The van der Waals surface area contributed by atoms with Crippen molar-refractivity contribution in [3.05, 3.63) is 54.3 Å². The van der Waals surface area contributed by atoms with Crippen LogP contribution in [0.2, 0.25) is 0 Å². The van der Waals surface area contributed by atoms with Crippen LogP contribution in [0.4, 0.5) is 20.8 Å². The first-order valence-corrected chi connectivity index (χ1v) is 8.49. The van der Waals surface area contributed by atoms with Crippen LogP contribution in [0.3, 0.4) is 0 Å². The van der Waals surface area contributed by atoms with Crippen LogP contribution >= 0.6 is 11.3 Å². The van der Waals surface area contributed by atoms with E-state index in [0.717, 1.165) is 37.7 Å². The lowest BCUT2D eigenvalue weighted by molar-refractivity contribution is 0.123. The van der Waals surface area contributed by atoms with Gasteiger partial charge in [0.15, 0.2) is 0 Å². The van der Waals surface area contributed by atoms with E-state index >= 15 is 0 Å². The van der Waals surface area contributed by atoms with Gasteiger partial charge < -0.3 is 15.0 Å². The number of benzene rings is 2. The number of rotatable bonds is 3. The maximum atomic E-state index is 13.0. The third-order valence-corrected chi connectivity index (χ3v) is 5.16. The second-order valence-corrected chi connectivity index (χ2v) is 6.60. The first-order valence-electron chi connectivity index (χ1n) is 7.67. The number of nitrogens with zero attached hydrogens (tertiary/aromatic N) is 1. The molecular formula is C18H17FN2OS. The number of halogens is 1. The minimum atomic E-state index is -0.223. The molecule has 4 rings (SSSR count). The van der Waals surface area contributed by atoms with Gasteiger partial charge in [-0.25, -0.2) is 4.39 Å². The molecule has 1 aliphatic heterocycles. The molecule has 0 atom stereocenters. The predicted molar refractivity (Wildman–Crippen MR) is 94.5 cm³/mol. The summed E-state index contributed by atoms with van der Waals surface area (Å²) < 4.78 is 19.7. The van der Waals surface area contributed by atoms with Crippen LogP contribution in [-0.4, -0.2) is 26.3 Å². The number of hydrogen-bond acceptors (Lipinski definition) is 4. The van der Waals surface area contributed by atoms with Gasteiger partial charge in [0.05, 0.1) is 18.2 Å². The molecular weight excluding hydrogens is 311 g/mol. The van der Waals surface area contributed by atoms with Gasteiger partial charge in [0.2, 0.25) is 0 Å². The summed E-state index contributed by atoms with van der Waals surface area (Å²) in [5, 5.41) is 5.86. The number of morpholine rings is 1. The molecule has 3 nitrogen and oxygen atoms in total. The van der Waals surface area contributed by atoms with Gasteiger partial charge in [-0.2, -0.15) is 0 Å². The number of hydrogen-bond donors (Lipinski definition) is 1. The largest absolute Gasteiger partial charge is 0.378 e. The first kappa shape index (κ1) is 14.5. The molecule has 2 aromatic carbocycles. The molecule has 0 unspecified atom stereocenters. The molecule has 1 N–H and O–H groups in total. The van der Waals surface area contributed by atoms with Crippen LogP contribution in [0.5, 0.6) is 0 Å². The molecule has 1 fully saturated rings. The number of anilines is 3. The van der Waals surface area contributed by atoms with Crippen LogP contribution in [0.15, 0.2) is 48.5 Å². The molecule has 0 aliphatic carbocycles. The van der Waals surface area contributed by atoms with E-state index < -0.39 is 0 Å². The Balaban J connectivity index is 1.66. The van der Waals surface area contributed by atoms with Crippen molar-refractivity contribution >= 4 is 37.8 Å². The lowest BCUT2D eigenvalue weighted by Gasteiger charge is -2.27. The summed E-state index contributed by atoms with van der Waals surface area (Å²) in [6, 6.07) is 14.9. The molecule has 118 valence electrons. The minimum absolute atomic E-state index is 0.223. The van der Waals surface area contributed by atoms with Crippen LogP contribution in [0, 0.1) is 5.82 Å². The van der Waals surface area contributed by atoms with Crippen molar-refractivity contribution < 1.29 is 9.13 Å². The number of ether oxygens (including phenoxy) is 1. The van der Waals surface area contributed by atoms with Gasteiger partial charge >= 0.3 is 0 Å². The van der Waals surface area contributed by atoms with E-state index in [1.807, 2.05) is 6.07 Å². The Kier molecular flexibility index (Phi) is 3.89. The summed E-state index contributed by atoms with van der Waals surface area (Å²) in [6.45, 7) is 3.45. The highest BCUT2D eigenvalue weighted by Crippen LogP contribution is 2.37. The summed E-state index contributed by atoms with van der Waals surface area (Å²) in [5.74, 6) is -0.223. The highest BCUT2D eigenvalue weighted by Gasteiger charge is 2.15. The smallest absolute Gasteiger partial charge is 0.123 e. The van der Waals surface area contributed by atoms with E-state index in [0.29, 0.717) is 0 Å². The molecule has 0 spiro atoms. The Labute approximate surface area is 138 Å². The van der Waals surface area contributed by atoms with Gasteiger partial charge in [-0.1, -0.05) is 6.07 Å². The second kappa shape index (κ2) is 6.18. The maximum Gasteiger partial charge on any atom is 0.123 e. The highest BCUT2D eigenvalue weighted by atomic mass is 32.1. The Morgan fingerprint density at radius 1 is 1.04 bits per heavy atom. The maximum absolute atomic E-state index is 13.0. The molecule has 1 aliphatic rings. The molecule has 0 bridgehead atoms. The topological polar surface area (TPSA) is 24.5 Å². The van der Waals surface area contributed by atoms with E-state index in [4.69, 9.17) is 4.74 Å². The van der Waals surface area contributed by atoms with Crippen molar-refractivity contribution in [2.24, 2.45) is 0 Å². The molecule has 0 saturated carbocycles. The molecule has 3 aromatic rings. The van der Waals surface area contributed by atoms with E-state index in [2.05, 4.69) is 28.4 Å². The fourth-order valence-corrected chi connectivity index (χ4v) is 3.92. The van der Waals surface area contributed by atoms with Gasteiger partial charge in [0.1, 0.15) is 5.82 Å². The molecule has 1 saturated heterocycles. The van der Waals surface area contributed by atoms with Crippen molar-refractivity contribution in [2.45, 2.75) is 0 Å². The third-order valence-electron chi connectivity index (χ3n) is 3.99. The number of thiophene rings is 1. The summed E-state index contributed by atoms with van der Waals surface area (Å²) in [5.41, 5.74) is 1.93. The summed E-state index contributed by atoms with van der Waals surface area (Å²) in [4.78, 5) is 2.37. The van der Waals surface area contributed by atoms with Crippen molar-refractivity contribution in [3.8, 4) is 0 Å². The summed E-state index contributed by atoms with van der Waals surface area (Å²) in [6.07, 6.45) is 0. The van der Waals surface area contributed by atoms with Gasteiger partial charge in [0, 0.05) is 34.6 Å². The zero-order chi connectivity index (χ0) is 15.6. The van der Waals surface area contributed by atoms with Crippen molar-refractivity contribution in [1.82, 2.24) is 0 Å². The lowest BCUT2D eigenvalue weighted by Crippen LogP contribution is -2.35. The van der Waals surface area contributed by atoms with E-state index in [1.165, 1.54) is 27.2 Å². The van der Waals surface area contributed by atoms with Crippen molar-refractivity contribution in [1.29, 1.82) is 0 Å². The monoisotopic (exact) mass is 328 g/mol. The average Bonchev–Trinajstić information content (AvgIpc) is 3.03. The Morgan fingerprint density at radius 3 is 2.61 bits per heavy atom. The van der Waals surface area contributed by atoms with Crippen LogP contribution in [-0.2, 0) is 4.74 Å². The molecule has 0 amide bonds. The van der Waals surface area contributed by atoms with Gasteiger partial charge in [-0.3, -0.25) is 0 Å². The number of nitrogens with one attached hydrogen (secondary N) is 1. The average molecular weight is 328 g/mol. The molecule has 5 heteroatoms. The molecule has 0 radical (unpaired) electrons. The Hall–Kier alpha value is -2.11. The normalized spacial score (nSPS) is 15.1. The zero-order valence-electron chi connectivity index (χ0n) is 12.6. The SMILES string of the molecule is Fc1ccc(Nc2cccc3sc(N4CCOCC4)cc23)cc1. The van der Waals surface area contributed by atoms with Crippen molar-refractivity contribution in [3.63, 3.8) is 0 Å². The predicted octanol–water partition coefficient (Wildman–Crippen LogP) is 4.62. The van der Waals surface area contributed by atoms with Crippen molar-refractivity contribution in [2.75, 3.05) is 36.5 Å². The van der Waals surface area contributed by atoms with E-state index in [9.17, 15) is 4.39 Å². The van der Waals surface area contributed by atoms with Gasteiger partial charge in [0.25, 0.3) is 0 Å². The van der Waals surface area contributed by atoms with Gasteiger partial charge in [-0.05, 0) is 42.5 Å². The van der Waals surface area contributed by atoms with E-state index in [-0.39, 0.29) is 5.82 Å². The fourth-order valence-electron chi connectivity index (χ4n) is 2.78. The van der Waals surface area contributed by atoms with Crippen LogP contribution in [0.25, 0.3) is 10.1 Å². The third kappa shape index (κ3) is 3.02. The second-order valence-electron chi connectivity index (χ2n) is 5.53. The Morgan fingerprint density at radius 2 is 1.83 bits per heavy atom. The highest BCUT2D eigenvalue weighted by molar-refractivity contribution is 7.22. The van der Waals surface area contributed by atoms with Crippen LogP contribution in [0.1, 0.15) is 0 Å². The molecule has 23 heavy (non-hydrogen) atoms. The summed E-state index contributed by atoms with van der Waals surface area (Å²) in [7, 11) is 0. The number of fused-ring (bicyclic) bond motifs is 1. The lowest BCUT2D eigenvalue weighted by atomic mass is 10.2. The quantitative estimate of drug-likeness (QED) is 0.759. The van der Waals surface area contributed by atoms with Crippen LogP contribution < -0.4 is 10.2 Å². The molecule has 2 heterocycles. The van der Waals surface area contributed by atoms with Gasteiger partial charge in [-0.15, -0.1) is 11.3 Å². The first-order chi connectivity index (χ1) is 11.3. The minimum Gasteiger partial charge on any atom is -0.378 e. The Bertz CT molecular complexity index is 810. The standard InChI is InChI=1S/C18H17FN2OS/c19-13-4-6-14(7-5-13)20-16-2-1-3-17-15(16)12-18(23-17)21-8-10-22-11-9-21/h1-7,12,20H,8-11H2. The molecule has 1 aromatic heterocycles. The zero-order valence-corrected chi connectivity index (χ0v) is 13.4.